The largest absolute Gasteiger partial charge is 0.477 e. The smallest absolute Gasteiger partial charge is 0.354 e. The highest BCUT2D eigenvalue weighted by atomic mass is 16.4. The zero-order chi connectivity index (χ0) is 11.8. The van der Waals surface area contributed by atoms with Crippen LogP contribution in [0, 0.1) is 11.8 Å². The molecule has 2 saturated carbocycles. The Kier molecular flexibility index (Phi) is 2.50. The topological polar surface area (TPSA) is 62.2 Å². The molecule has 0 unspecified atom stereocenters. The maximum absolute atomic E-state index is 10.8. The van der Waals surface area contributed by atoms with Gasteiger partial charge in [-0.1, -0.05) is 6.07 Å². The van der Waals surface area contributed by atoms with Crippen LogP contribution >= 0.6 is 0 Å². The second-order valence-electron chi connectivity index (χ2n) is 5.06. The van der Waals surface area contributed by atoms with Crippen molar-refractivity contribution in [3.05, 3.63) is 23.9 Å². The minimum atomic E-state index is -0.969. The SMILES string of the molecule is O=C(O)c1cccc(NC(C2CC2)C2CC2)n1. The van der Waals surface area contributed by atoms with E-state index in [2.05, 4.69) is 10.3 Å². The van der Waals surface area contributed by atoms with E-state index in [4.69, 9.17) is 5.11 Å². The summed E-state index contributed by atoms with van der Waals surface area (Å²) in [6.07, 6.45) is 5.19. The minimum Gasteiger partial charge on any atom is -0.477 e. The average Bonchev–Trinajstić information content (AvgIpc) is 3.16. The van der Waals surface area contributed by atoms with Crippen molar-refractivity contribution in [1.82, 2.24) is 4.98 Å². The van der Waals surface area contributed by atoms with Gasteiger partial charge in [-0.25, -0.2) is 9.78 Å². The molecular formula is C13H16N2O2. The molecule has 2 aliphatic carbocycles. The molecule has 1 aromatic rings. The molecule has 4 nitrogen and oxygen atoms in total. The molecule has 1 heterocycles. The molecule has 2 N–H and O–H groups in total. The highest BCUT2D eigenvalue weighted by molar-refractivity contribution is 5.85. The lowest BCUT2D eigenvalue weighted by molar-refractivity contribution is 0.0690. The number of carboxylic acid groups (broad SMARTS) is 1. The Morgan fingerprint density at radius 3 is 2.47 bits per heavy atom. The van der Waals surface area contributed by atoms with E-state index >= 15 is 0 Å². The number of rotatable bonds is 5. The molecule has 0 radical (unpaired) electrons. The van der Waals surface area contributed by atoms with Crippen LogP contribution in [-0.2, 0) is 0 Å². The fraction of sp³-hybridized carbons (Fsp3) is 0.538. The standard InChI is InChI=1S/C13H16N2O2/c16-13(17)10-2-1-3-11(14-10)15-12(8-4-5-8)9-6-7-9/h1-3,8-9,12H,4-7H2,(H,14,15)(H,16,17). The number of pyridine rings is 1. The Balaban J connectivity index is 1.74. The molecule has 2 fully saturated rings. The van der Waals surface area contributed by atoms with Gasteiger partial charge in [0.25, 0.3) is 0 Å². The van der Waals surface area contributed by atoms with Gasteiger partial charge in [-0.2, -0.15) is 0 Å². The lowest BCUT2D eigenvalue weighted by Crippen LogP contribution is -2.25. The lowest BCUT2D eigenvalue weighted by atomic mass is 10.1. The zero-order valence-corrected chi connectivity index (χ0v) is 9.60. The Morgan fingerprint density at radius 2 is 1.94 bits per heavy atom. The van der Waals surface area contributed by atoms with Crippen LogP contribution in [0.25, 0.3) is 0 Å². The summed E-state index contributed by atoms with van der Waals surface area (Å²) in [5, 5.41) is 12.3. The van der Waals surface area contributed by atoms with Crippen LogP contribution in [0.4, 0.5) is 5.82 Å². The molecule has 0 saturated heterocycles. The number of nitrogens with one attached hydrogen (secondary N) is 1. The molecule has 0 bridgehead atoms. The highest BCUT2D eigenvalue weighted by Gasteiger charge is 2.41. The van der Waals surface area contributed by atoms with Crippen LogP contribution in [0.1, 0.15) is 36.2 Å². The van der Waals surface area contributed by atoms with Gasteiger partial charge in [0.05, 0.1) is 0 Å². The van der Waals surface area contributed by atoms with Gasteiger partial charge in [0.15, 0.2) is 5.69 Å². The second-order valence-corrected chi connectivity index (χ2v) is 5.06. The van der Waals surface area contributed by atoms with Crippen LogP contribution in [0.2, 0.25) is 0 Å². The van der Waals surface area contributed by atoms with Crippen LogP contribution in [0.3, 0.4) is 0 Å². The molecule has 0 atom stereocenters. The normalized spacial score (nSPS) is 19.4. The molecule has 0 aromatic carbocycles. The maximum Gasteiger partial charge on any atom is 0.354 e. The number of aromatic nitrogens is 1. The summed E-state index contributed by atoms with van der Waals surface area (Å²) in [6.45, 7) is 0. The average molecular weight is 232 g/mol. The second kappa shape index (κ2) is 4.02. The van der Waals surface area contributed by atoms with Crippen molar-refractivity contribution in [2.45, 2.75) is 31.7 Å². The van der Waals surface area contributed by atoms with Gasteiger partial charge >= 0.3 is 5.97 Å². The number of anilines is 1. The molecule has 0 amide bonds. The molecule has 0 spiro atoms. The summed E-state index contributed by atoms with van der Waals surface area (Å²) in [6, 6.07) is 5.63. The first-order valence-electron chi connectivity index (χ1n) is 6.21. The predicted octanol–water partition coefficient (Wildman–Crippen LogP) is 2.38. The summed E-state index contributed by atoms with van der Waals surface area (Å²) in [4.78, 5) is 15.0. The Labute approximate surface area is 100 Å². The molecule has 90 valence electrons. The lowest BCUT2D eigenvalue weighted by Gasteiger charge is -2.18. The summed E-state index contributed by atoms with van der Waals surface area (Å²) >= 11 is 0. The Bertz CT molecular complexity index is 427. The van der Waals surface area contributed by atoms with Crippen LogP contribution in [0.5, 0.6) is 0 Å². The van der Waals surface area contributed by atoms with Crippen molar-refractivity contribution in [3.63, 3.8) is 0 Å². The van der Waals surface area contributed by atoms with Gasteiger partial charge in [-0.15, -0.1) is 0 Å². The van der Waals surface area contributed by atoms with Crippen molar-refractivity contribution in [2.24, 2.45) is 11.8 Å². The van der Waals surface area contributed by atoms with E-state index in [0.717, 1.165) is 11.8 Å². The van der Waals surface area contributed by atoms with E-state index < -0.39 is 5.97 Å². The first-order chi connectivity index (χ1) is 8.24. The van der Waals surface area contributed by atoms with Crippen molar-refractivity contribution in [3.8, 4) is 0 Å². The van der Waals surface area contributed by atoms with E-state index in [1.165, 1.54) is 31.7 Å². The van der Waals surface area contributed by atoms with Gasteiger partial charge in [0, 0.05) is 6.04 Å². The molecule has 0 aliphatic heterocycles. The summed E-state index contributed by atoms with van der Waals surface area (Å²) in [5.74, 6) is 1.28. The van der Waals surface area contributed by atoms with E-state index in [1.807, 2.05) is 6.07 Å². The van der Waals surface area contributed by atoms with Crippen molar-refractivity contribution in [2.75, 3.05) is 5.32 Å². The number of carboxylic acids is 1. The number of hydrogen-bond acceptors (Lipinski definition) is 3. The summed E-state index contributed by atoms with van der Waals surface area (Å²) in [7, 11) is 0. The fourth-order valence-corrected chi connectivity index (χ4v) is 2.34. The molecule has 3 rings (SSSR count). The first kappa shape index (κ1) is 10.6. The van der Waals surface area contributed by atoms with Crippen LogP contribution < -0.4 is 5.32 Å². The van der Waals surface area contributed by atoms with Crippen molar-refractivity contribution < 1.29 is 9.90 Å². The van der Waals surface area contributed by atoms with Crippen molar-refractivity contribution in [1.29, 1.82) is 0 Å². The van der Waals surface area contributed by atoms with E-state index in [0.29, 0.717) is 11.9 Å². The monoisotopic (exact) mass is 232 g/mol. The van der Waals surface area contributed by atoms with Crippen molar-refractivity contribution >= 4 is 11.8 Å². The highest BCUT2D eigenvalue weighted by Crippen LogP contribution is 2.45. The van der Waals surface area contributed by atoms with Gasteiger partial charge in [0.1, 0.15) is 5.82 Å². The van der Waals surface area contributed by atoms with Crippen LogP contribution in [0.15, 0.2) is 18.2 Å². The third-order valence-corrected chi connectivity index (χ3v) is 3.54. The summed E-state index contributed by atoms with van der Waals surface area (Å²) < 4.78 is 0. The number of hydrogen-bond donors (Lipinski definition) is 2. The quantitative estimate of drug-likeness (QED) is 0.818. The van der Waals surface area contributed by atoms with Gasteiger partial charge in [-0.05, 0) is 49.7 Å². The first-order valence-corrected chi connectivity index (χ1v) is 6.21. The third kappa shape index (κ3) is 2.40. The van der Waals surface area contributed by atoms with Crippen LogP contribution in [-0.4, -0.2) is 22.1 Å². The molecule has 17 heavy (non-hydrogen) atoms. The fourth-order valence-electron chi connectivity index (χ4n) is 2.34. The van der Waals surface area contributed by atoms with Gasteiger partial charge < -0.3 is 10.4 Å². The summed E-state index contributed by atoms with van der Waals surface area (Å²) in [5.41, 5.74) is 0.111. The number of aromatic carboxylic acids is 1. The third-order valence-electron chi connectivity index (χ3n) is 3.54. The zero-order valence-electron chi connectivity index (χ0n) is 9.60. The van der Waals surface area contributed by atoms with E-state index in [1.54, 1.807) is 6.07 Å². The van der Waals surface area contributed by atoms with E-state index in [-0.39, 0.29) is 5.69 Å². The molecule has 4 heteroatoms. The maximum atomic E-state index is 10.8. The molecule has 2 aliphatic rings. The predicted molar refractivity (Wildman–Crippen MR) is 64.1 cm³/mol. The number of carbonyl (C=O) groups is 1. The molecule has 1 aromatic heterocycles. The minimum absolute atomic E-state index is 0.111. The van der Waals surface area contributed by atoms with Gasteiger partial charge in [-0.3, -0.25) is 0 Å². The number of nitrogens with zero attached hydrogens (tertiary/aromatic N) is 1. The molecular weight excluding hydrogens is 216 g/mol. The van der Waals surface area contributed by atoms with Gasteiger partial charge in [0.2, 0.25) is 0 Å². The Morgan fingerprint density at radius 1 is 1.29 bits per heavy atom. The Hall–Kier alpha value is -1.58. The van der Waals surface area contributed by atoms with E-state index in [9.17, 15) is 4.79 Å².